The van der Waals surface area contributed by atoms with Gasteiger partial charge >= 0.3 is 0 Å². The van der Waals surface area contributed by atoms with Crippen molar-refractivity contribution in [1.82, 2.24) is 15.5 Å². The van der Waals surface area contributed by atoms with E-state index >= 15 is 0 Å². The average Bonchev–Trinajstić information content (AvgIpc) is 3.22. The fourth-order valence-electron chi connectivity index (χ4n) is 4.24. The Hall–Kier alpha value is -1.01. The second kappa shape index (κ2) is 13.3. The SMILES string of the molecule is COc1ccccc1C(CNC(=O)CCC1CCNCC1)N1CCCC1.Cl.Cl. The number of benzene rings is 1. The van der Waals surface area contributed by atoms with Crippen LogP contribution < -0.4 is 15.4 Å². The molecule has 2 saturated heterocycles. The standard InChI is InChI=1S/C21H33N3O2.2ClH/c1-26-20-7-3-2-6-18(20)19(24-14-4-5-15-24)16-23-21(25)9-8-17-10-12-22-13-11-17;;/h2-3,6-7,17,19,22H,4-5,8-16H2,1H3,(H,23,25);2*1H. The third-order valence-corrected chi connectivity index (χ3v) is 5.81. The zero-order valence-corrected chi connectivity index (χ0v) is 18.5. The number of nitrogens with zero attached hydrogens (tertiary/aromatic N) is 1. The molecule has 0 radical (unpaired) electrons. The maximum atomic E-state index is 12.4. The van der Waals surface area contributed by atoms with Crippen LogP contribution in [0.5, 0.6) is 5.75 Å². The van der Waals surface area contributed by atoms with Crippen molar-refractivity contribution in [3.05, 3.63) is 29.8 Å². The van der Waals surface area contributed by atoms with Crippen molar-refractivity contribution in [3.8, 4) is 5.75 Å². The van der Waals surface area contributed by atoms with E-state index in [1.807, 2.05) is 12.1 Å². The van der Waals surface area contributed by atoms with E-state index in [1.54, 1.807) is 7.11 Å². The molecule has 2 aliphatic heterocycles. The van der Waals surface area contributed by atoms with Gasteiger partial charge in [-0.15, -0.1) is 24.8 Å². The van der Waals surface area contributed by atoms with Crippen molar-refractivity contribution in [1.29, 1.82) is 0 Å². The smallest absolute Gasteiger partial charge is 0.220 e. The molecule has 0 bridgehead atoms. The third-order valence-electron chi connectivity index (χ3n) is 5.81. The van der Waals surface area contributed by atoms with Crippen LogP contribution in [-0.2, 0) is 4.79 Å². The molecular formula is C21H35Cl2N3O2. The molecule has 28 heavy (non-hydrogen) atoms. The molecule has 0 spiro atoms. The first-order valence-corrected chi connectivity index (χ1v) is 10.1. The summed E-state index contributed by atoms with van der Waals surface area (Å²) in [6.45, 7) is 5.03. The highest BCUT2D eigenvalue weighted by Crippen LogP contribution is 2.31. The largest absolute Gasteiger partial charge is 0.496 e. The summed E-state index contributed by atoms with van der Waals surface area (Å²) >= 11 is 0. The van der Waals surface area contributed by atoms with Gasteiger partial charge in [0.2, 0.25) is 5.91 Å². The van der Waals surface area contributed by atoms with E-state index in [2.05, 4.69) is 27.7 Å². The maximum absolute atomic E-state index is 12.4. The van der Waals surface area contributed by atoms with Crippen LogP contribution in [0.4, 0.5) is 0 Å². The van der Waals surface area contributed by atoms with Gasteiger partial charge in [-0.25, -0.2) is 0 Å². The lowest BCUT2D eigenvalue weighted by atomic mass is 9.93. The summed E-state index contributed by atoms with van der Waals surface area (Å²) in [7, 11) is 1.72. The molecule has 160 valence electrons. The summed E-state index contributed by atoms with van der Waals surface area (Å²) in [5, 5.41) is 6.58. The molecule has 7 heteroatoms. The van der Waals surface area contributed by atoms with Crippen molar-refractivity contribution in [2.45, 2.75) is 44.6 Å². The maximum Gasteiger partial charge on any atom is 0.220 e. The highest BCUT2D eigenvalue weighted by Gasteiger charge is 2.26. The number of carbonyl (C=O) groups excluding carboxylic acids is 1. The Morgan fingerprint density at radius 2 is 1.89 bits per heavy atom. The molecule has 0 aromatic heterocycles. The van der Waals surface area contributed by atoms with E-state index in [1.165, 1.54) is 31.2 Å². The van der Waals surface area contributed by atoms with Gasteiger partial charge < -0.3 is 15.4 Å². The fraction of sp³-hybridized carbons (Fsp3) is 0.667. The Bertz CT molecular complexity index is 577. The zero-order chi connectivity index (χ0) is 18.2. The summed E-state index contributed by atoms with van der Waals surface area (Å²) in [5.74, 6) is 1.79. The van der Waals surface area contributed by atoms with E-state index in [9.17, 15) is 4.79 Å². The van der Waals surface area contributed by atoms with E-state index in [0.717, 1.165) is 38.3 Å². The van der Waals surface area contributed by atoms with Gasteiger partial charge in [-0.1, -0.05) is 18.2 Å². The predicted molar refractivity (Wildman–Crippen MR) is 119 cm³/mol. The lowest BCUT2D eigenvalue weighted by Gasteiger charge is -2.29. The first-order valence-electron chi connectivity index (χ1n) is 10.1. The molecular weight excluding hydrogens is 397 g/mol. The van der Waals surface area contributed by atoms with E-state index in [-0.39, 0.29) is 36.8 Å². The minimum Gasteiger partial charge on any atom is -0.496 e. The number of likely N-dealkylation sites (tertiary alicyclic amines) is 1. The van der Waals surface area contributed by atoms with Crippen LogP contribution in [0.15, 0.2) is 24.3 Å². The highest BCUT2D eigenvalue weighted by atomic mass is 35.5. The molecule has 2 heterocycles. The van der Waals surface area contributed by atoms with Gasteiger partial charge in [-0.05, 0) is 70.3 Å². The van der Waals surface area contributed by atoms with Crippen LogP contribution in [0, 0.1) is 5.92 Å². The molecule has 2 fully saturated rings. The minimum atomic E-state index is 0. The number of nitrogens with one attached hydrogen (secondary N) is 2. The monoisotopic (exact) mass is 431 g/mol. The zero-order valence-electron chi connectivity index (χ0n) is 16.8. The second-order valence-corrected chi connectivity index (χ2v) is 7.54. The first kappa shape index (κ1) is 25.0. The summed E-state index contributed by atoms with van der Waals surface area (Å²) in [6, 6.07) is 8.39. The number of methoxy groups -OCH3 is 1. The van der Waals surface area contributed by atoms with Gasteiger partial charge in [0.1, 0.15) is 5.75 Å². The van der Waals surface area contributed by atoms with Crippen LogP contribution in [-0.4, -0.2) is 50.6 Å². The first-order chi connectivity index (χ1) is 12.8. The van der Waals surface area contributed by atoms with Crippen LogP contribution in [0.1, 0.15) is 50.1 Å². The number of ether oxygens (including phenoxy) is 1. The number of rotatable bonds is 8. The lowest BCUT2D eigenvalue weighted by Crippen LogP contribution is -2.37. The Balaban J connectivity index is 0.00000196. The Labute approximate surface area is 181 Å². The Morgan fingerprint density at radius 3 is 2.57 bits per heavy atom. The van der Waals surface area contributed by atoms with Gasteiger partial charge in [0.25, 0.3) is 0 Å². The predicted octanol–water partition coefficient (Wildman–Crippen LogP) is 3.57. The molecule has 1 aromatic carbocycles. The van der Waals surface area contributed by atoms with Crippen molar-refractivity contribution in [2.24, 2.45) is 5.92 Å². The molecule has 0 aliphatic carbocycles. The molecule has 5 nitrogen and oxygen atoms in total. The normalized spacial score (nSPS) is 18.6. The number of carbonyl (C=O) groups is 1. The van der Waals surface area contributed by atoms with Crippen molar-refractivity contribution in [2.75, 3.05) is 39.8 Å². The number of halogens is 2. The van der Waals surface area contributed by atoms with Gasteiger partial charge in [0.15, 0.2) is 0 Å². The number of amides is 1. The molecule has 2 aliphatic rings. The number of hydrogen-bond acceptors (Lipinski definition) is 4. The molecule has 0 saturated carbocycles. The highest BCUT2D eigenvalue weighted by molar-refractivity contribution is 5.85. The van der Waals surface area contributed by atoms with E-state index < -0.39 is 0 Å². The quantitative estimate of drug-likeness (QED) is 0.660. The van der Waals surface area contributed by atoms with E-state index in [4.69, 9.17) is 4.74 Å². The molecule has 1 amide bonds. The van der Waals surface area contributed by atoms with Gasteiger partial charge in [-0.3, -0.25) is 9.69 Å². The van der Waals surface area contributed by atoms with Crippen molar-refractivity contribution in [3.63, 3.8) is 0 Å². The summed E-state index contributed by atoms with van der Waals surface area (Å²) in [4.78, 5) is 14.9. The molecule has 1 unspecified atom stereocenters. The topological polar surface area (TPSA) is 53.6 Å². The summed E-state index contributed by atoms with van der Waals surface area (Å²) in [5.41, 5.74) is 1.18. The Kier molecular flexibility index (Phi) is 11.8. The van der Waals surface area contributed by atoms with Gasteiger partial charge in [0, 0.05) is 18.5 Å². The van der Waals surface area contributed by atoms with Crippen molar-refractivity contribution < 1.29 is 9.53 Å². The second-order valence-electron chi connectivity index (χ2n) is 7.54. The molecule has 1 atom stereocenters. The van der Waals surface area contributed by atoms with E-state index in [0.29, 0.717) is 18.9 Å². The number of para-hydroxylation sites is 1. The van der Waals surface area contributed by atoms with Crippen LogP contribution in [0.25, 0.3) is 0 Å². The minimum absolute atomic E-state index is 0. The summed E-state index contributed by atoms with van der Waals surface area (Å²) in [6.07, 6.45) is 6.51. The van der Waals surface area contributed by atoms with Crippen LogP contribution >= 0.6 is 24.8 Å². The lowest BCUT2D eigenvalue weighted by molar-refractivity contribution is -0.121. The fourth-order valence-corrected chi connectivity index (χ4v) is 4.24. The number of piperidine rings is 1. The third kappa shape index (κ3) is 7.11. The van der Waals surface area contributed by atoms with Gasteiger partial charge in [0.05, 0.1) is 13.2 Å². The molecule has 3 rings (SSSR count). The number of hydrogen-bond donors (Lipinski definition) is 2. The van der Waals surface area contributed by atoms with Crippen molar-refractivity contribution >= 4 is 30.7 Å². The average molecular weight is 432 g/mol. The molecule has 1 aromatic rings. The van der Waals surface area contributed by atoms with Crippen LogP contribution in [0.3, 0.4) is 0 Å². The summed E-state index contributed by atoms with van der Waals surface area (Å²) < 4.78 is 5.57. The molecule has 2 N–H and O–H groups in total. The Morgan fingerprint density at radius 1 is 1.21 bits per heavy atom. The van der Waals surface area contributed by atoms with Gasteiger partial charge in [-0.2, -0.15) is 0 Å². The van der Waals surface area contributed by atoms with Crippen LogP contribution in [0.2, 0.25) is 0 Å².